The van der Waals surface area contributed by atoms with Crippen LogP contribution in [0.15, 0.2) is 30.3 Å². The molecule has 2 fully saturated rings. The number of rotatable bonds is 5. The van der Waals surface area contributed by atoms with Gasteiger partial charge in [0.25, 0.3) is 0 Å². The lowest BCUT2D eigenvalue weighted by molar-refractivity contribution is -0.125. The van der Waals surface area contributed by atoms with E-state index in [1.165, 1.54) is 5.56 Å². The molecule has 2 heterocycles. The van der Waals surface area contributed by atoms with Crippen molar-refractivity contribution in [2.75, 3.05) is 13.1 Å². The summed E-state index contributed by atoms with van der Waals surface area (Å²) in [6.07, 6.45) is 0.847. The zero-order chi connectivity index (χ0) is 16.2. The van der Waals surface area contributed by atoms with E-state index in [2.05, 4.69) is 47.2 Å². The molecule has 2 aliphatic rings. The van der Waals surface area contributed by atoms with Crippen molar-refractivity contribution < 1.29 is 9.63 Å². The third-order valence-corrected chi connectivity index (χ3v) is 4.45. The number of nitrogens with one attached hydrogen (secondary N) is 3. The lowest BCUT2D eigenvalue weighted by atomic mass is 10.0. The van der Waals surface area contributed by atoms with Crippen molar-refractivity contribution in [3.05, 3.63) is 35.9 Å². The third kappa shape index (κ3) is 4.29. The summed E-state index contributed by atoms with van der Waals surface area (Å²) in [5.41, 5.74) is 7.47. The van der Waals surface area contributed by atoms with E-state index in [0.29, 0.717) is 5.92 Å². The van der Waals surface area contributed by atoms with E-state index in [9.17, 15) is 4.79 Å². The molecule has 23 heavy (non-hydrogen) atoms. The van der Waals surface area contributed by atoms with E-state index in [-0.39, 0.29) is 24.1 Å². The first-order valence-electron chi connectivity index (χ1n) is 8.35. The Bertz CT molecular complexity index is 523. The van der Waals surface area contributed by atoms with E-state index >= 15 is 0 Å². The van der Waals surface area contributed by atoms with Gasteiger partial charge in [0.2, 0.25) is 5.91 Å². The number of carbonyl (C=O) groups is 1. The predicted molar refractivity (Wildman–Crippen MR) is 88.0 cm³/mol. The molecule has 3 unspecified atom stereocenters. The van der Waals surface area contributed by atoms with Gasteiger partial charge in [-0.25, -0.2) is 5.01 Å². The SMILES string of the molecule is CC(C)C1CC(C(=O)NC2CNN(Cc3ccccc3)C2)NO1. The maximum absolute atomic E-state index is 12.3. The smallest absolute Gasteiger partial charge is 0.239 e. The second-order valence-electron chi connectivity index (χ2n) is 6.74. The van der Waals surface area contributed by atoms with Gasteiger partial charge in [0.15, 0.2) is 0 Å². The fourth-order valence-electron chi connectivity index (χ4n) is 3.02. The molecule has 1 aromatic carbocycles. The van der Waals surface area contributed by atoms with E-state index in [1.54, 1.807) is 0 Å². The van der Waals surface area contributed by atoms with Crippen LogP contribution in [-0.2, 0) is 16.2 Å². The fourth-order valence-corrected chi connectivity index (χ4v) is 3.02. The fraction of sp³-hybridized carbons (Fsp3) is 0.588. The number of hydrazine groups is 1. The van der Waals surface area contributed by atoms with Gasteiger partial charge in [0.1, 0.15) is 6.04 Å². The van der Waals surface area contributed by atoms with Crippen molar-refractivity contribution in [3.63, 3.8) is 0 Å². The molecule has 2 aliphatic heterocycles. The molecule has 0 aromatic heterocycles. The average Bonchev–Trinajstić information content (AvgIpc) is 3.18. The summed E-state index contributed by atoms with van der Waals surface area (Å²) in [6, 6.07) is 10.2. The van der Waals surface area contributed by atoms with Crippen LogP contribution in [0.2, 0.25) is 0 Å². The van der Waals surface area contributed by atoms with Crippen molar-refractivity contribution in [3.8, 4) is 0 Å². The summed E-state index contributed by atoms with van der Waals surface area (Å²) < 4.78 is 0. The first kappa shape index (κ1) is 16.4. The highest BCUT2D eigenvalue weighted by Crippen LogP contribution is 2.18. The van der Waals surface area contributed by atoms with Crippen molar-refractivity contribution in [1.29, 1.82) is 0 Å². The van der Waals surface area contributed by atoms with Gasteiger partial charge in [-0.15, -0.1) is 0 Å². The second-order valence-corrected chi connectivity index (χ2v) is 6.74. The molecule has 0 spiro atoms. The van der Waals surface area contributed by atoms with Crippen LogP contribution in [0.25, 0.3) is 0 Å². The molecule has 0 bridgehead atoms. The molecule has 0 aliphatic carbocycles. The number of benzene rings is 1. The maximum Gasteiger partial charge on any atom is 0.239 e. The molecular formula is C17H26N4O2. The monoisotopic (exact) mass is 318 g/mol. The van der Waals surface area contributed by atoms with Crippen LogP contribution in [0, 0.1) is 5.92 Å². The number of amides is 1. The van der Waals surface area contributed by atoms with Crippen LogP contribution in [0.1, 0.15) is 25.8 Å². The normalized spacial score (nSPS) is 28.4. The minimum absolute atomic E-state index is 0.0292. The largest absolute Gasteiger partial charge is 0.349 e. The minimum atomic E-state index is -0.245. The third-order valence-electron chi connectivity index (χ3n) is 4.45. The Balaban J connectivity index is 1.44. The minimum Gasteiger partial charge on any atom is -0.349 e. The molecular weight excluding hydrogens is 292 g/mol. The zero-order valence-corrected chi connectivity index (χ0v) is 13.8. The molecule has 6 nitrogen and oxygen atoms in total. The summed E-state index contributed by atoms with van der Waals surface area (Å²) in [5.74, 6) is 0.441. The first-order chi connectivity index (χ1) is 11.1. The van der Waals surface area contributed by atoms with Crippen LogP contribution in [0.4, 0.5) is 0 Å². The first-order valence-corrected chi connectivity index (χ1v) is 8.35. The number of carbonyl (C=O) groups excluding carboxylic acids is 1. The number of hydrogen-bond donors (Lipinski definition) is 3. The van der Waals surface area contributed by atoms with Gasteiger partial charge in [-0.1, -0.05) is 44.2 Å². The van der Waals surface area contributed by atoms with Crippen molar-refractivity contribution in [2.24, 2.45) is 5.92 Å². The van der Waals surface area contributed by atoms with E-state index in [4.69, 9.17) is 4.84 Å². The predicted octanol–water partition coefficient (Wildman–Crippen LogP) is 0.810. The highest BCUT2D eigenvalue weighted by atomic mass is 16.7. The second kappa shape index (κ2) is 7.40. The lowest BCUT2D eigenvalue weighted by Gasteiger charge is -2.17. The van der Waals surface area contributed by atoms with Crippen molar-refractivity contribution in [2.45, 2.75) is 45.0 Å². The van der Waals surface area contributed by atoms with Gasteiger partial charge in [-0.05, 0) is 11.5 Å². The molecule has 1 amide bonds. The molecule has 3 atom stereocenters. The van der Waals surface area contributed by atoms with Crippen LogP contribution in [0.3, 0.4) is 0 Å². The summed E-state index contributed by atoms with van der Waals surface area (Å²) in [4.78, 5) is 17.8. The lowest BCUT2D eigenvalue weighted by Crippen LogP contribution is -2.46. The Morgan fingerprint density at radius 3 is 2.87 bits per heavy atom. The molecule has 0 saturated carbocycles. The summed E-state index contributed by atoms with van der Waals surface area (Å²) >= 11 is 0. The molecule has 126 valence electrons. The standard InChI is InChI=1S/C17H26N4O2/c1-12(2)16-8-15(20-23-16)17(22)19-14-9-18-21(11-14)10-13-6-4-3-5-7-13/h3-7,12,14-16,18,20H,8-11H2,1-2H3,(H,19,22). The molecule has 3 rings (SSSR count). The number of hydrogen-bond acceptors (Lipinski definition) is 5. The van der Waals surface area contributed by atoms with Crippen LogP contribution in [0.5, 0.6) is 0 Å². The summed E-state index contributed by atoms with van der Waals surface area (Å²) in [5, 5.41) is 5.26. The highest BCUT2D eigenvalue weighted by Gasteiger charge is 2.34. The van der Waals surface area contributed by atoms with Crippen LogP contribution in [-0.4, -0.2) is 42.2 Å². The van der Waals surface area contributed by atoms with E-state index in [0.717, 1.165) is 26.1 Å². The van der Waals surface area contributed by atoms with Gasteiger partial charge in [0, 0.05) is 26.1 Å². The zero-order valence-electron chi connectivity index (χ0n) is 13.8. The Kier molecular flexibility index (Phi) is 5.27. The van der Waals surface area contributed by atoms with Crippen molar-refractivity contribution >= 4 is 5.91 Å². The molecule has 0 radical (unpaired) electrons. The quantitative estimate of drug-likeness (QED) is 0.750. The van der Waals surface area contributed by atoms with Crippen LogP contribution < -0.4 is 16.2 Å². The van der Waals surface area contributed by atoms with Gasteiger partial charge < -0.3 is 5.32 Å². The number of hydroxylamine groups is 1. The van der Waals surface area contributed by atoms with Gasteiger partial charge >= 0.3 is 0 Å². The summed E-state index contributed by atoms with van der Waals surface area (Å²) in [7, 11) is 0. The van der Waals surface area contributed by atoms with E-state index < -0.39 is 0 Å². The van der Waals surface area contributed by atoms with Gasteiger partial charge in [0.05, 0.1) is 12.1 Å². The molecule has 3 N–H and O–H groups in total. The highest BCUT2D eigenvalue weighted by molar-refractivity contribution is 5.82. The van der Waals surface area contributed by atoms with Crippen molar-refractivity contribution in [1.82, 2.24) is 21.2 Å². The van der Waals surface area contributed by atoms with Crippen LogP contribution >= 0.6 is 0 Å². The molecule has 1 aromatic rings. The maximum atomic E-state index is 12.3. The van der Waals surface area contributed by atoms with E-state index in [1.807, 2.05) is 18.2 Å². The van der Waals surface area contributed by atoms with Gasteiger partial charge in [-0.3, -0.25) is 15.1 Å². The Morgan fingerprint density at radius 2 is 2.17 bits per heavy atom. The Hall–Kier alpha value is -1.47. The molecule has 6 heteroatoms. The Labute approximate surface area is 137 Å². The van der Waals surface area contributed by atoms with Gasteiger partial charge in [-0.2, -0.15) is 5.48 Å². The topological polar surface area (TPSA) is 65.6 Å². The Morgan fingerprint density at radius 1 is 1.39 bits per heavy atom. The molecule has 2 saturated heterocycles. The average molecular weight is 318 g/mol. The summed E-state index contributed by atoms with van der Waals surface area (Å²) in [6.45, 7) is 6.62. The number of nitrogens with zero attached hydrogens (tertiary/aromatic N) is 1.